The van der Waals surface area contributed by atoms with Crippen LogP contribution in [0.2, 0.25) is 0 Å². The van der Waals surface area contributed by atoms with Gasteiger partial charge in [0.2, 0.25) is 11.7 Å². The molecule has 1 heterocycles. The third kappa shape index (κ3) is 5.34. The Morgan fingerprint density at radius 3 is 2.57 bits per heavy atom. The SMILES string of the molecule is CC(=O)Nc1cccc(NC(=O)COC(=O)C2=COCCO2)c1. The Balaban J connectivity index is 1.83. The highest BCUT2D eigenvalue weighted by atomic mass is 16.6. The smallest absolute Gasteiger partial charge is 0.377 e. The summed E-state index contributed by atoms with van der Waals surface area (Å²) < 4.78 is 14.8. The average Bonchev–Trinajstić information content (AvgIpc) is 2.53. The summed E-state index contributed by atoms with van der Waals surface area (Å²) in [5.74, 6) is -1.58. The molecule has 1 aliphatic rings. The van der Waals surface area contributed by atoms with Crippen LogP contribution in [-0.2, 0) is 28.6 Å². The van der Waals surface area contributed by atoms with E-state index in [1.54, 1.807) is 24.3 Å². The highest BCUT2D eigenvalue weighted by Crippen LogP contribution is 2.15. The van der Waals surface area contributed by atoms with Crippen molar-refractivity contribution in [2.45, 2.75) is 6.92 Å². The van der Waals surface area contributed by atoms with E-state index in [2.05, 4.69) is 10.6 Å². The van der Waals surface area contributed by atoms with E-state index >= 15 is 0 Å². The molecule has 0 saturated carbocycles. The summed E-state index contributed by atoms with van der Waals surface area (Å²) in [6, 6.07) is 6.59. The fourth-order valence-corrected chi connectivity index (χ4v) is 1.75. The molecule has 1 aromatic rings. The fraction of sp³-hybridized carbons (Fsp3) is 0.267. The third-order valence-corrected chi connectivity index (χ3v) is 2.65. The molecule has 2 amide bonds. The molecule has 0 bridgehead atoms. The molecule has 2 N–H and O–H groups in total. The zero-order valence-corrected chi connectivity index (χ0v) is 12.5. The van der Waals surface area contributed by atoms with Gasteiger partial charge in [-0.05, 0) is 18.2 Å². The lowest BCUT2D eigenvalue weighted by atomic mass is 10.2. The number of anilines is 2. The molecule has 0 aliphatic carbocycles. The summed E-state index contributed by atoms with van der Waals surface area (Å²) >= 11 is 0. The van der Waals surface area contributed by atoms with Crippen LogP contribution in [-0.4, -0.2) is 37.6 Å². The van der Waals surface area contributed by atoms with E-state index in [1.165, 1.54) is 6.92 Å². The summed E-state index contributed by atoms with van der Waals surface area (Å²) in [5, 5.41) is 5.15. The lowest BCUT2D eigenvalue weighted by Crippen LogP contribution is -2.23. The van der Waals surface area contributed by atoms with E-state index in [0.29, 0.717) is 18.0 Å². The second-order valence-electron chi connectivity index (χ2n) is 4.59. The monoisotopic (exact) mass is 320 g/mol. The first-order valence-corrected chi connectivity index (χ1v) is 6.84. The van der Waals surface area contributed by atoms with Gasteiger partial charge < -0.3 is 24.8 Å². The normalized spacial score (nSPS) is 13.0. The van der Waals surface area contributed by atoms with Gasteiger partial charge in [-0.1, -0.05) is 6.07 Å². The second-order valence-corrected chi connectivity index (χ2v) is 4.59. The van der Waals surface area contributed by atoms with Gasteiger partial charge in [-0.2, -0.15) is 0 Å². The quantitative estimate of drug-likeness (QED) is 0.785. The molecule has 2 rings (SSSR count). The molecule has 23 heavy (non-hydrogen) atoms. The first-order valence-electron chi connectivity index (χ1n) is 6.84. The Morgan fingerprint density at radius 2 is 1.91 bits per heavy atom. The number of hydrogen-bond acceptors (Lipinski definition) is 6. The molecule has 0 atom stereocenters. The van der Waals surface area contributed by atoms with Gasteiger partial charge in [0.1, 0.15) is 19.5 Å². The van der Waals surface area contributed by atoms with Crippen molar-refractivity contribution < 1.29 is 28.6 Å². The minimum atomic E-state index is -0.771. The van der Waals surface area contributed by atoms with E-state index in [1.807, 2.05) is 0 Å². The standard InChI is InChI=1S/C15H16N2O6/c1-10(18)16-11-3-2-4-12(7-11)17-14(19)9-23-15(20)13-8-21-5-6-22-13/h2-4,7-8H,5-6,9H2,1H3,(H,16,18)(H,17,19). The summed E-state index contributed by atoms with van der Waals surface area (Å²) in [7, 11) is 0. The maximum atomic E-state index is 11.8. The van der Waals surface area contributed by atoms with Gasteiger partial charge in [0.25, 0.3) is 5.91 Å². The number of nitrogens with one attached hydrogen (secondary N) is 2. The Morgan fingerprint density at radius 1 is 1.17 bits per heavy atom. The number of carbonyl (C=O) groups is 3. The van der Waals surface area contributed by atoms with Crippen molar-refractivity contribution in [3.05, 3.63) is 36.3 Å². The van der Waals surface area contributed by atoms with Crippen LogP contribution in [0.4, 0.5) is 11.4 Å². The van der Waals surface area contributed by atoms with Crippen molar-refractivity contribution in [3.63, 3.8) is 0 Å². The number of hydrogen-bond donors (Lipinski definition) is 2. The molecule has 8 nitrogen and oxygen atoms in total. The lowest BCUT2D eigenvalue weighted by molar-refractivity contribution is -0.148. The van der Waals surface area contributed by atoms with Crippen LogP contribution in [0.5, 0.6) is 0 Å². The minimum Gasteiger partial charge on any atom is -0.493 e. The molecular weight excluding hydrogens is 304 g/mol. The van der Waals surface area contributed by atoms with Crippen molar-refractivity contribution in [3.8, 4) is 0 Å². The van der Waals surface area contributed by atoms with Crippen molar-refractivity contribution in [1.82, 2.24) is 0 Å². The molecule has 122 valence electrons. The zero-order valence-electron chi connectivity index (χ0n) is 12.5. The molecule has 0 fully saturated rings. The first kappa shape index (κ1) is 16.3. The van der Waals surface area contributed by atoms with E-state index < -0.39 is 18.5 Å². The lowest BCUT2D eigenvalue weighted by Gasteiger charge is -2.14. The van der Waals surface area contributed by atoms with Crippen molar-refractivity contribution in [1.29, 1.82) is 0 Å². The maximum Gasteiger partial charge on any atom is 0.377 e. The Hall–Kier alpha value is -3.03. The Kier molecular flexibility index (Phi) is 5.56. The number of benzene rings is 1. The number of carbonyl (C=O) groups excluding carboxylic acids is 3. The molecule has 1 aliphatic heterocycles. The Bertz CT molecular complexity index is 641. The van der Waals surface area contributed by atoms with Crippen molar-refractivity contribution >= 4 is 29.2 Å². The highest BCUT2D eigenvalue weighted by Gasteiger charge is 2.18. The van der Waals surface area contributed by atoms with E-state index in [0.717, 1.165) is 6.26 Å². The van der Waals surface area contributed by atoms with E-state index in [9.17, 15) is 14.4 Å². The highest BCUT2D eigenvalue weighted by molar-refractivity contribution is 5.95. The second kappa shape index (κ2) is 7.83. The van der Waals surface area contributed by atoms with Crippen molar-refractivity contribution in [2.75, 3.05) is 30.5 Å². The molecular formula is C15H16N2O6. The summed E-state index contributed by atoms with van der Waals surface area (Å²) in [4.78, 5) is 34.4. The molecule has 0 radical (unpaired) electrons. The van der Waals surface area contributed by atoms with Crippen LogP contribution in [0.3, 0.4) is 0 Å². The van der Waals surface area contributed by atoms with Crippen LogP contribution >= 0.6 is 0 Å². The van der Waals surface area contributed by atoms with Gasteiger partial charge in [0, 0.05) is 18.3 Å². The number of rotatable bonds is 5. The minimum absolute atomic E-state index is 0.0725. The van der Waals surface area contributed by atoms with Gasteiger partial charge in [0.15, 0.2) is 6.61 Å². The van der Waals surface area contributed by atoms with Crippen LogP contribution in [0.15, 0.2) is 36.3 Å². The fourth-order valence-electron chi connectivity index (χ4n) is 1.75. The predicted molar refractivity (Wildman–Crippen MR) is 80.3 cm³/mol. The first-order chi connectivity index (χ1) is 11.0. The molecule has 1 aromatic carbocycles. The summed E-state index contributed by atoms with van der Waals surface area (Å²) in [6.07, 6.45) is 1.15. The summed E-state index contributed by atoms with van der Waals surface area (Å²) in [5.41, 5.74) is 1.01. The van der Waals surface area contributed by atoms with Crippen LogP contribution < -0.4 is 10.6 Å². The van der Waals surface area contributed by atoms with Crippen molar-refractivity contribution in [2.24, 2.45) is 0 Å². The maximum absolute atomic E-state index is 11.8. The largest absolute Gasteiger partial charge is 0.493 e. The molecule has 0 saturated heterocycles. The third-order valence-electron chi connectivity index (χ3n) is 2.65. The van der Waals surface area contributed by atoms with Gasteiger partial charge >= 0.3 is 5.97 Å². The summed E-state index contributed by atoms with van der Waals surface area (Å²) in [6.45, 7) is 1.53. The molecule has 0 spiro atoms. The van der Waals surface area contributed by atoms with E-state index in [-0.39, 0.29) is 18.3 Å². The Labute approximate surface area is 132 Å². The number of amides is 2. The van der Waals surface area contributed by atoms with Gasteiger partial charge in [-0.3, -0.25) is 9.59 Å². The van der Waals surface area contributed by atoms with Gasteiger partial charge in [-0.15, -0.1) is 0 Å². The van der Waals surface area contributed by atoms with Crippen LogP contribution in [0.1, 0.15) is 6.92 Å². The number of ether oxygens (including phenoxy) is 3. The topological polar surface area (TPSA) is 103 Å². The van der Waals surface area contributed by atoms with E-state index in [4.69, 9.17) is 14.2 Å². The average molecular weight is 320 g/mol. The van der Waals surface area contributed by atoms with Gasteiger partial charge in [0.05, 0.1) is 0 Å². The molecule has 0 unspecified atom stereocenters. The zero-order chi connectivity index (χ0) is 16.7. The number of esters is 1. The van der Waals surface area contributed by atoms with Crippen LogP contribution in [0.25, 0.3) is 0 Å². The van der Waals surface area contributed by atoms with Crippen LogP contribution in [0, 0.1) is 0 Å². The van der Waals surface area contributed by atoms with Gasteiger partial charge in [-0.25, -0.2) is 4.79 Å². The predicted octanol–water partition coefficient (Wildman–Crippen LogP) is 1.01. The molecule has 0 aromatic heterocycles. The molecule has 8 heteroatoms.